The highest BCUT2D eigenvalue weighted by molar-refractivity contribution is 7.80. The van der Waals surface area contributed by atoms with Crippen LogP contribution in [0.2, 0.25) is 0 Å². The standard InChI is InChI=1S/C25H19N3OS/c29-24-21-15-19-18-13-7-8-14-20(18)26-22(19)23(16-9-3-1-4-10-16)28(21)25(30)27(24)17-11-5-2-6-12-17/h1-14,21,23,26H,15H2/t21-,23+/m1/s1. The van der Waals surface area contributed by atoms with Gasteiger partial charge in [-0.05, 0) is 41.5 Å². The molecule has 4 aromatic rings. The lowest BCUT2D eigenvalue weighted by atomic mass is 9.89. The lowest BCUT2D eigenvalue weighted by molar-refractivity contribution is -0.120. The Morgan fingerprint density at radius 2 is 1.53 bits per heavy atom. The third kappa shape index (κ3) is 2.39. The van der Waals surface area contributed by atoms with E-state index in [1.54, 1.807) is 4.90 Å². The number of aromatic amines is 1. The predicted octanol–water partition coefficient (Wildman–Crippen LogP) is 4.82. The quantitative estimate of drug-likeness (QED) is 0.483. The van der Waals surface area contributed by atoms with Crippen LogP contribution in [0.1, 0.15) is 22.9 Å². The number of amides is 1. The number of rotatable bonds is 2. The van der Waals surface area contributed by atoms with E-state index in [9.17, 15) is 4.79 Å². The molecule has 1 saturated heterocycles. The molecule has 1 aromatic heterocycles. The second-order valence-corrected chi connectivity index (χ2v) is 8.16. The molecule has 0 saturated carbocycles. The monoisotopic (exact) mass is 409 g/mol. The largest absolute Gasteiger partial charge is 0.356 e. The number of carbonyl (C=O) groups is 1. The van der Waals surface area contributed by atoms with E-state index in [0.29, 0.717) is 11.5 Å². The van der Waals surface area contributed by atoms with Crippen molar-refractivity contribution in [3.63, 3.8) is 0 Å². The van der Waals surface area contributed by atoms with Crippen LogP contribution in [0, 0.1) is 0 Å². The van der Waals surface area contributed by atoms with Crippen molar-refractivity contribution in [1.29, 1.82) is 0 Å². The number of benzene rings is 3. The first-order valence-electron chi connectivity index (χ1n) is 10.1. The maximum Gasteiger partial charge on any atom is 0.256 e. The molecule has 0 aliphatic carbocycles. The minimum atomic E-state index is -0.311. The summed E-state index contributed by atoms with van der Waals surface area (Å²) in [4.78, 5) is 21.0. The van der Waals surface area contributed by atoms with Crippen molar-refractivity contribution in [1.82, 2.24) is 9.88 Å². The fourth-order valence-electron chi connectivity index (χ4n) is 4.87. The fraction of sp³-hybridized carbons (Fsp3) is 0.120. The van der Waals surface area contributed by atoms with Gasteiger partial charge >= 0.3 is 0 Å². The molecule has 6 rings (SSSR count). The molecular weight excluding hydrogens is 390 g/mol. The van der Waals surface area contributed by atoms with Crippen molar-refractivity contribution in [2.75, 3.05) is 4.90 Å². The Morgan fingerprint density at radius 1 is 0.867 bits per heavy atom. The number of fused-ring (bicyclic) bond motifs is 4. The lowest BCUT2D eigenvalue weighted by Gasteiger charge is -2.37. The molecule has 0 spiro atoms. The van der Waals surface area contributed by atoms with Gasteiger partial charge in [-0.15, -0.1) is 0 Å². The van der Waals surface area contributed by atoms with Gasteiger partial charge in [0.25, 0.3) is 5.91 Å². The molecule has 5 heteroatoms. The maximum atomic E-state index is 13.6. The smallest absolute Gasteiger partial charge is 0.256 e. The molecule has 30 heavy (non-hydrogen) atoms. The van der Waals surface area contributed by atoms with Gasteiger partial charge < -0.3 is 9.88 Å². The van der Waals surface area contributed by atoms with E-state index in [1.807, 2.05) is 54.6 Å². The molecular formula is C25H19N3OS. The zero-order chi connectivity index (χ0) is 20.2. The number of para-hydroxylation sites is 2. The maximum absolute atomic E-state index is 13.6. The molecule has 0 radical (unpaired) electrons. The molecule has 0 unspecified atom stereocenters. The van der Waals surface area contributed by atoms with Gasteiger partial charge in [0.2, 0.25) is 0 Å². The first-order chi connectivity index (χ1) is 14.7. The van der Waals surface area contributed by atoms with E-state index in [0.717, 1.165) is 22.5 Å². The lowest BCUT2D eigenvalue weighted by Crippen LogP contribution is -2.44. The molecule has 1 N–H and O–H groups in total. The van der Waals surface area contributed by atoms with Gasteiger partial charge in [0.1, 0.15) is 6.04 Å². The van der Waals surface area contributed by atoms with Crippen LogP contribution in [0.25, 0.3) is 10.9 Å². The summed E-state index contributed by atoms with van der Waals surface area (Å²) in [6, 6.07) is 27.9. The summed E-state index contributed by atoms with van der Waals surface area (Å²) < 4.78 is 0. The van der Waals surface area contributed by atoms with Crippen LogP contribution in [0.4, 0.5) is 5.69 Å². The highest BCUT2D eigenvalue weighted by Crippen LogP contribution is 2.44. The number of H-pyrrole nitrogens is 1. The Labute approximate surface area is 179 Å². The van der Waals surface area contributed by atoms with Crippen molar-refractivity contribution < 1.29 is 4.79 Å². The van der Waals surface area contributed by atoms with Gasteiger partial charge in [-0.1, -0.05) is 66.7 Å². The molecule has 4 nitrogen and oxygen atoms in total. The zero-order valence-electron chi connectivity index (χ0n) is 16.2. The Bertz CT molecular complexity index is 1280. The van der Waals surface area contributed by atoms with Gasteiger partial charge in [0.15, 0.2) is 5.11 Å². The first-order valence-corrected chi connectivity index (χ1v) is 10.5. The van der Waals surface area contributed by atoms with Crippen molar-refractivity contribution in [3.05, 3.63) is 102 Å². The van der Waals surface area contributed by atoms with E-state index in [1.165, 1.54) is 10.9 Å². The molecule has 3 heterocycles. The van der Waals surface area contributed by atoms with E-state index in [-0.39, 0.29) is 18.0 Å². The summed E-state index contributed by atoms with van der Waals surface area (Å²) in [5, 5.41) is 1.75. The van der Waals surface area contributed by atoms with E-state index in [4.69, 9.17) is 12.2 Å². The van der Waals surface area contributed by atoms with Gasteiger partial charge in [0.05, 0.1) is 11.7 Å². The molecule has 2 aliphatic rings. The average Bonchev–Trinajstić information content (AvgIpc) is 3.28. The summed E-state index contributed by atoms with van der Waals surface area (Å²) >= 11 is 5.90. The van der Waals surface area contributed by atoms with Crippen LogP contribution >= 0.6 is 12.2 Å². The molecule has 0 bridgehead atoms. The highest BCUT2D eigenvalue weighted by Gasteiger charge is 2.50. The van der Waals surface area contributed by atoms with Crippen molar-refractivity contribution >= 4 is 39.8 Å². The average molecular weight is 410 g/mol. The number of anilines is 1. The third-order valence-electron chi connectivity index (χ3n) is 6.18. The molecule has 1 fully saturated rings. The number of hydrogen-bond donors (Lipinski definition) is 1. The second-order valence-electron chi connectivity index (χ2n) is 7.79. The van der Waals surface area contributed by atoms with Crippen LogP contribution in [0.5, 0.6) is 0 Å². The Morgan fingerprint density at radius 3 is 2.30 bits per heavy atom. The van der Waals surface area contributed by atoms with Crippen LogP contribution in [0.15, 0.2) is 84.9 Å². The topological polar surface area (TPSA) is 39.3 Å². The summed E-state index contributed by atoms with van der Waals surface area (Å²) in [6.07, 6.45) is 0.644. The molecule has 3 aromatic carbocycles. The first kappa shape index (κ1) is 17.4. The van der Waals surface area contributed by atoms with Crippen molar-refractivity contribution in [2.45, 2.75) is 18.5 Å². The number of nitrogens with one attached hydrogen (secondary N) is 1. The Hall–Kier alpha value is -3.44. The Balaban J connectivity index is 1.56. The minimum absolute atomic E-state index is 0.0445. The number of aromatic nitrogens is 1. The summed E-state index contributed by atoms with van der Waals surface area (Å²) in [5.74, 6) is 0.0445. The Kier molecular flexibility index (Phi) is 3.80. The van der Waals surface area contributed by atoms with Crippen LogP contribution in [0.3, 0.4) is 0 Å². The summed E-state index contributed by atoms with van der Waals surface area (Å²) in [6.45, 7) is 0. The SMILES string of the molecule is O=C1[C@H]2Cc3c([nH]c4ccccc34)[C@H](c3ccccc3)N2C(=S)N1c1ccccc1. The predicted molar refractivity (Wildman–Crippen MR) is 122 cm³/mol. The number of hydrogen-bond acceptors (Lipinski definition) is 2. The van der Waals surface area contributed by atoms with Gasteiger partial charge in [-0.25, -0.2) is 0 Å². The number of carbonyl (C=O) groups excluding carboxylic acids is 1. The van der Waals surface area contributed by atoms with E-state index in [2.05, 4.69) is 40.2 Å². The zero-order valence-corrected chi connectivity index (χ0v) is 17.0. The number of thiocarbonyl (C=S) groups is 1. The van der Waals surface area contributed by atoms with Crippen LogP contribution in [-0.4, -0.2) is 26.9 Å². The van der Waals surface area contributed by atoms with Crippen LogP contribution in [-0.2, 0) is 11.2 Å². The van der Waals surface area contributed by atoms with Gasteiger partial charge in [-0.3, -0.25) is 9.69 Å². The van der Waals surface area contributed by atoms with Gasteiger partial charge in [-0.2, -0.15) is 0 Å². The van der Waals surface area contributed by atoms with Crippen molar-refractivity contribution in [2.24, 2.45) is 0 Å². The van der Waals surface area contributed by atoms with Gasteiger partial charge in [0, 0.05) is 23.0 Å². The molecule has 1 amide bonds. The third-order valence-corrected chi connectivity index (χ3v) is 6.57. The van der Waals surface area contributed by atoms with E-state index < -0.39 is 0 Å². The van der Waals surface area contributed by atoms with Crippen LogP contribution < -0.4 is 4.90 Å². The summed E-state index contributed by atoms with van der Waals surface area (Å²) in [5.41, 5.74) is 5.39. The molecule has 146 valence electrons. The van der Waals surface area contributed by atoms with Crippen molar-refractivity contribution in [3.8, 4) is 0 Å². The minimum Gasteiger partial charge on any atom is -0.356 e. The molecule has 2 aliphatic heterocycles. The normalized spacial score (nSPS) is 20.5. The van der Waals surface area contributed by atoms with E-state index >= 15 is 0 Å². The molecule has 2 atom stereocenters. The summed E-state index contributed by atoms with van der Waals surface area (Å²) in [7, 11) is 0. The second kappa shape index (κ2) is 6.54. The highest BCUT2D eigenvalue weighted by atomic mass is 32.1. The number of nitrogens with zero attached hydrogens (tertiary/aromatic N) is 2. The fourth-order valence-corrected chi connectivity index (χ4v) is 5.30.